The lowest BCUT2D eigenvalue weighted by molar-refractivity contribution is 0.774. The largest absolute Gasteiger partial charge is 0.418 e. The molecule has 0 rings (SSSR count). The minimum atomic E-state index is -2.70. The Morgan fingerprint density at radius 1 is 1.50 bits per heavy atom. The molecule has 0 spiro atoms. The van der Waals surface area contributed by atoms with Crippen molar-refractivity contribution in [3.8, 4) is 0 Å². The normalized spacial score (nSPS) is 13.3. The first-order valence-corrected chi connectivity index (χ1v) is 10.3. The Morgan fingerprint density at radius 2 is 2.00 bits per heavy atom. The highest BCUT2D eigenvalue weighted by molar-refractivity contribution is 7.64. The summed E-state index contributed by atoms with van der Waals surface area (Å²) in [4.78, 5) is 0. The smallest absolute Gasteiger partial charge is 0.298 e. The van der Waals surface area contributed by atoms with E-state index in [4.69, 9.17) is 44.3 Å². The predicted molar refractivity (Wildman–Crippen MR) is 54.6 cm³/mol. The average molecular weight is 255 g/mol. The third-order valence-electron chi connectivity index (χ3n) is 0.852. The van der Waals surface area contributed by atoms with Gasteiger partial charge in [0.25, 0.3) is 0 Å². The second-order valence-electron chi connectivity index (χ2n) is 1.60. The van der Waals surface area contributed by atoms with Gasteiger partial charge in [0, 0.05) is 6.54 Å². The van der Waals surface area contributed by atoms with Gasteiger partial charge in [-0.25, -0.2) is 0 Å². The van der Waals surface area contributed by atoms with Crippen molar-refractivity contribution < 1.29 is 0 Å². The molecule has 0 bridgehead atoms. The molecule has 0 saturated heterocycles. The summed E-state index contributed by atoms with van der Waals surface area (Å²) in [6.07, 6.45) is -1.01. The minimum Gasteiger partial charge on any atom is -0.298 e. The van der Waals surface area contributed by atoms with E-state index in [1.807, 2.05) is 0 Å². The maximum absolute atomic E-state index is 5.68. The molecule has 0 unspecified atom stereocenters. The Balaban J connectivity index is 3.92. The first-order valence-electron chi connectivity index (χ1n) is 2.51. The van der Waals surface area contributed by atoms with E-state index in [0.717, 1.165) is 0 Å². The third kappa shape index (κ3) is 4.23. The second-order valence-corrected chi connectivity index (χ2v) is 12.2. The molecule has 0 aliphatic heterocycles. The first kappa shape index (κ1) is 11.3. The Bertz CT molecular complexity index is 114. The van der Waals surface area contributed by atoms with Crippen LogP contribution in [0.15, 0.2) is 12.7 Å². The molecule has 10 heavy (non-hydrogen) atoms. The standard InChI is InChI=1S/C3H7Cl4NSi2/c1-2-3-8(9-4)10(5,6)7/h2H,1,3,9H2. The van der Waals surface area contributed by atoms with Crippen LogP contribution in [-0.4, -0.2) is 25.9 Å². The molecule has 0 aliphatic carbocycles. The molecule has 1 nitrogen and oxygen atoms in total. The molecular formula is C3H7Cl4NSi2. The summed E-state index contributed by atoms with van der Waals surface area (Å²) in [5.41, 5.74) is 0. The van der Waals surface area contributed by atoms with Gasteiger partial charge in [-0.3, -0.25) is 4.23 Å². The van der Waals surface area contributed by atoms with Crippen LogP contribution in [0.25, 0.3) is 0 Å². The molecule has 0 aromatic rings. The van der Waals surface area contributed by atoms with Gasteiger partial charge in [-0.15, -0.1) is 39.8 Å². The quantitative estimate of drug-likeness (QED) is 0.421. The van der Waals surface area contributed by atoms with Crippen LogP contribution in [0.2, 0.25) is 0 Å². The molecule has 0 fully saturated rings. The van der Waals surface area contributed by atoms with E-state index in [2.05, 4.69) is 6.58 Å². The zero-order valence-electron chi connectivity index (χ0n) is 5.16. The zero-order chi connectivity index (χ0) is 8.20. The molecule has 0 atom stereocenters. The van der Waals surface area contributed by atoms with Gasteiger partial charge in [-0.05, 0) is 0 Å². The van der Waals surface area contributed by atoms with Crippen molar-refractivity contribution >= 4 is 59.5 Å². The highest BCUT2D eigenvalue weighted by Crippen LogP contribution is 2.23. The third-order valence-corrected chi connectivity index (χ3v) is 9.62. The lowest BCUT2D eigenvalue weighted by Crippen LogP contribution is -2.41. The number of nitrogens with zero attached hydrogens (tertiary/aromatic N) is 1. The fraction of sp³-hybridized carbons (Fsp3) is 0.333. The summed E-state index contributed by atoms with van der Waals surface area (Å²) in [5, 5.41) is 0. The van der Waals surface area contributed by atoms with Crippen LogP contribution in [0.1, 0.15) is 0 Å². The molecule has 0 amide bonds. The van der Waals surface area contributed by atoms with Gasteiger partial charge in [0.1, 0.15) is 0 Å². The maximum atomic E-state index is 5.68. The van der Waals surface area contributed by atoms with Crippen molar-refractivity contribution in [1.82, 2.24) is 4.23 Å². The van der Waals surface area contributed by atoms with E-state index in [1.165, 1.54) is 0 Å². The van der Waals surface area contributed by atoms with Crippen molar-refractivity contribution in [2.24, 2.45) is 0 Å². The molecule has 0 aromatic heterocycles. The predicted octanol–water partition coefficient (Wildman–Crippen LogP) is 1.86. The molecule has 0 saturated carbocycles. The van der Waals surface area contributed by atoms with E-state index < -0.39 is 15.2 Å². The fourth-order valence-electron chi connectivity index (χ4n) is 0.376. The number of halogens is 4. The number of rotatable bonds is 4. The highest BCUT2D eigenvalue weighted by atomic mass is 35.8. The maximum Gasteiger partial charge on any atom is 0.418 e. The van der Waals surface area contributed by atoms with Gasteiger partial charge in [-0.2, -0.15) is 11.1 Å². The molecule has 7 heteroatoms. The van der Waals surface area contributed by atoms with Crippen LogP contribution >= 0.6 is 44.3 Å². The molecular weight excluding hydrogens is 248 g/mol. The summed E-state index contributed by atoms with van der Waals surface area (Å²) in [7, 11) is -0.887. The van der Waals surface area contributed by atoms with E-state index in [1.54, 1.807) is 10.3 Å². The van der Waals surface area contributed by atoms with Crippen LogP contribution in [-0.2, 0) is 0 Å². The monoisotopic (exact) mass is 253 g/mol. The lowest BCUT2D eigenvalue weighted by Gasteiger charge is -2.22. The summed E-state index contributed by atoms with van der Waals surface area (Å²) >= 11 is 22.7. The van der Waals surface area contributed by atoms with Crippen molar-refractivity contribution in [2.45, 2.75) is 0 Å². The van der Waals surface area contributed by atoms with E-state index in [9.17, 15) is 0 Å². The molecule has 0 radical (unpaired) electrons. The second kappa shape index (κ2) is 5.03. The summed E-state index contributed by atoms with van der Waals surface area (Å²) in [6.45, 7) is 4.11. The Hall–Kier alpha value is 1.29. The fourth-order valence-corrected chi connectivity index (χ4v) is 7.33. The molecule has 60 valence electrons. The van der Waals surface area contributed by atoms with Crippen molar-refractivity contribution in [3.05, 3.63) is 12.7 Å². The summed E-state index contributed by atoms with van der Waals surface area (Å²) in [6, 6.07) is 0. The molecule has 0 aromatic carbocycles. The van der Waals surface area contributed by atoms with Gasteiger partial charge < -0.3 is 0 Å². The number of hydrogen-bond donors (Lipinski definition) is 0. The van der Waals surface area contributed by atoms with E-state index >= 15 is 0 Å². The van der Waals surface area contributed by atoms with Crippen molar-refractivity contribution in [3.63, 3.8) is 0 Å². The van der Waals surface area contributed by atoms with Crippen LogP contribution in [0.3, 0.4) is 0 Å². The van der Waals surface area contributed by atoms with Crippen LogP contribution < -0.4 is 0 Å². The van der Waals surface area contributed by atoms with Crippen molar-refractivity contribution in [1.29, 1.82) is 0 Å². The van der Waals surface area contributed by atoms with Gasteiger partial charge in [-0.1, -0.05) is 6.08 Å². The van der Waals surface area contributed by atoms with Gasteiger partial charge >= 0.3 is 6.16 Å². The average Bonchev–Trinajstić information content (AvgIpc) is 1.80. The summed E-state index contributed by atoms with van der Waals surface area (Å²) < 4.78 is 1.71. The van der Waals surface area contributed by atoms with Crippen LogP contribution in [0.5, 0.6) is 0 Å². The SMILES string of the molecule is C=CCN([SiH2]Cl)[Si](Cl)(Cl)Cl. The van der Waals surface area contributed by atoms with E-state index in [-0.39, 0.29) is 0 Å². The van der Waals surface area contributed by atoms with Gasteiger partial charge in [0.15, 0.2) is 8.99 Å². The van der Waals surface area contributed by atoms with E-state index in [0.29, 0.717) is 6.54 Å². The molecule has 0 aliphatic rings. The topological polar surface area (TPSA) is 3.24 Å². The number of hydrogen-bond acceptors (Lipinski definition) is 1. The van der Waals surface area contributed by atoms with Crippen LogP contribution in [0.4, 0.5) is 0 Å². The Morgan fingerprint density at radius 3 is 2.10 bits per heavy atom. The van der Waals surface area contributed by atoms with Crippen LogP contribution in [0, 0.1) is 0 Å². The van der Waals surface area contributed by atoms with Gasteiger partial charge in [0.2, 0.25) is 0 Å². The molecule has 0 N–H and O–H groups in total. The first-order chi connectivity index (χ1) is 4.52. The zero-order valence-corrected chi connectivity index (χ0v) is 10.6. The Kier molecular flexibility index (Phi) is 5.68. The minimum absolute atomic E-state index is 0.582. The van der Waals surface area contributed by atoms with Gasteiger partial charge in [0.05, 0.1) is 0 Å². The lowest BCUT2D eigenvalue weighted by atomic mass is 10.7. The molecule has 0 heterocycles. The summed E-state index contributed by atoms with van der Waals surface area (Å²) in [5.74, 6) is 0. The highest BCUT2D eigenvalue weighted by Gasteiger charge is 2.32. The Labute approximate surface area is 82.7 Å². The van der Waals surface area contributed by atoms with Crippen molar-refractivity contribution in [2.75, 3.05) is 6.54 Å².